The van der Waals surface area contributed by atoms with Crippen molar-refractivity contribution in [2.24, 2.45) is 5.41 Å². The molecule has 2 saturated carbocycles. The fourth-order valence-electron chi connectivity index (χ4n) is 5.72. The Morgan fingerprint density at radius 3 is 2.70 bits per heavy atom. The molecule has 4 heteroatoms. The summed E-state index contributed by atoms with van der Waals surface area (Å²) in [7, 11) is 0. The highest BCUT2D eigenvalue weighted by Crippen LogP contribution is 2.83. The highest BCUT2D eigenvalue weighted by Gasteiger charge is 2.79. The lowest BCUT2D eigenvalue weighted by atomic mass is 9.86. The van der Waals surface area contributed by atoms with Crippen LogP contribution in [0.25, 0.3) is 5.69 Å². The van der Waals surface area contributed by atoms with Crippen molar-refractivity contribution in [3.05, 3.63) is 51.7 Å². The van der Waals surface area contributed by atoms with E-state index < -0.39 is 0 Å². The molecule has 0 saturated heterocycles. The molecule has 1 heterocycles. The molecule has 1 aromatic carbocycles. The number of fused-ring (bicyclic) bond motifs is 2. The monoisotopic (exact) mass is 312 g/mol. The molecule has 2 aromatic rings. The van der Waals surface area contributed by atoms with Crippen LogP contribution in [0.15, 0.2) is 29.1 Å². The highest BCUT2D eigenvalue weighted by atomic mass is 19.1. The van der Waals surface area contributed by atoms with E-state index in [0.717, 1.165) is 12.0 Å². The SMILES string of the molecule is CC(C)n1c2c(c(=O)n1-c1ccccc1F)[C@H]1CC[C@@]23CC13C. The maximum Gasteiger partial charge on any atom is 0.275 e. The molecule has 3 aliphatic carbocycles. The second-order valence-corrected chi connectivity index (χ2v) is 8.04. The summed E-state index contributed by atoms with van der Waals surface area (Å²) < 4.78 is 18.1. The molecule has 3 aliphatic rings. The molecule has 2 fully saturated rings. The number of aromatic nitrogens is 2. The Bertz CT molecular complexity index is 905. The predicted octanol–water partition coefficient (Wildman–Crippen LogP) is 3.90. The first-order chi connectivity index (χ1) is 10.9. The molecule has 3 atom stereocenters. The smallest absolute Gasteiger partial charge is 0.275 e. The zero-order chi connectivity index (χ0) is 16.1. The third kappa shape index (κ3) is 1.28. The topological polar surface area (TPSA) is 26.9 Å². The molecule has 3 nitrogen and oxygen atoms in total. The molecule has 1 aromatic heterocycles. The van der Waals surface area contributed by atoms with Gasteiger partial charge >= 0.3 is 0 Å². The van der Waals surface area contributed by atoms with Gasteiger partial charge in [-0.3, -0.25) is 9.48 Å². The Morgan fingerprint density at radius 1 is 1.30 bits per heavy atom. The van der Waals surface area contributed by atoms with E-state index in [9.17, 15) is 9.18 Å². The maximum atomic E-state index is 14.4. The summed E-state index contributed by atoms with van der Waals surface area (Å²) in [5, 5.41) is 0. The number of benzene rings is 1. The van der Waals surface area contributed by atoms with Crippen molar-refractivity contribution in [2.75, 3.05) is 0 Å². The van der Waals surface area contributed by atoms with Crippen LogP contribution in [-0.2, 0) is 5.41 Å². The zero-order valence-electron chi connectivity index (χ0n) is 13.8. The van der Waals surface area contributed by atoms with E-state index in [1.54, 1.807) is 22.9 Å². The van der Waals surface area contributed by atoms with E-state index in [0.29, 0.717) is 11.6 Å². The lowest BCUT2D eigenvalue weighted by Gasteiger charge is -2.24. The van der Waals surface area contributed by atoms with Crippen molar-refractivity contribution in [1.29, 1.82) is 0 Å². The number of hydrogen-bond donors (Lipinski definition) is 0. The van der Waals surface area contributed by atoms with Crippen molar-refractivity contribution in [3.63, 3.8) is 0 Å². The van der Waals surface area contributed by atoms with Gasteiger partial charge in [0, 0.05) is 17.0 Å². The van der Waals surface area contributed by atoms with Gasteiger partial charge in [-0.05, 0) is 56.6 Å². The van der Waals surface area contributed by atoms with Gasteiger partial charge in [-0.2, -0.15) is 0 Å². The van der Waals surface area contributed by atoms with Gasteiger partial charge in [0.05, 0.1) is 5.69 Å². The Labute approximate surface area is 134 Å². The molecule has 0 spiro atoms. The van der Waals surface area contributed by atoms with Crippen LogP contribution >= 0.6 is 0 Å². The summed E-state index contributed by atoms with van der Waals surface area (Å²) in [5.41, 5.74) is 3.01. The Balaban J connectivity index is 1.87. The van der Waals surface area contributed by atoms with Crippen LogP contribution < -0.4 is 5.56 Å². The number of nitrogens with zero attached hydrogens (tertiary/aromatic N) is 2. The second-order valence-electron chi connectivity index (χ2n) is 8.04. The molecule has 23 heavy (non-hydrogen) atoms. The minimum Gasteiger partial charge on any atom is -0.279 e. The third-order valence-corrected chi connectivity index (χ3v) is 6.76. The zero-order valence-corrected chi connectivity index (χ0v) is 13.8. The first kappa shape index (κ1) is 13.6. The van der Waals surface area contributed by atoms with Crippen LogP contribution in [0.5, 0.6) is 0 Å². The molecular weight excluding hydrogens is 291 g/mol. The molecule has 0 amide bonds. The van der Waals surface area contributed by atoms with Gasteiger partial charge in [-0.15, -0.1) is 0 Å². The summed E-state index contributed by atoms with van der Waals surface area (Å²) >= 11 is 0. The summed E-state index contributed by atoms with van der Waals surface area (Å²) in [6, 6.07) is 6.72. The first-order valence-electron chi connectivity index (χ1n) is 8.55. The largest absolute Gasteiger partial charge is 0.279 e. The highest BCUT2D eigenvalue weighted by molar-refractivity contribution is 5.55. The van der Waals surface area contributed by atoms with E-state index >= 15 is 0 Å². The van der Waals surface area contributed by atoms with E-state index in [-0.39, 0.29) is 28.2 Å². The molecule has 0 radical (unpaired) electrons. The Hall–Kier alpha value is -1.84. The number of para-hydroxylation sites is 1. The quantitative estimate of drug-likeness (QED) is 0.826. The normalized spacial score (nSPS) is 33.2. The molecule has 120 valence electrons. The minimum absolute atomic E-state index is 0.00343. The standard InChI is InChI=1S/C19H21FN2O/c1-11(2)21-16-15(12-8-9-19(16)10-18(12,19)3)17(23)22(21)14-7-5-4-6-13(14)20/h4-7,11-12H,8-10H2,1-3H3/t12-,18?,19-/m1/s1. The molecule has 5 rings (SSSR count). The van der Waals surface area contributed by atoms with Crippen molar-refractivity contribution >= 4 is 0 Å². The molecule has 2 bridgehead atoms. The molecular formula is C19H21FN2O. The Kier molecular flexibility index (Phi) is 2.24. The van der Waals surface area contributed by atoms with E-state index in [4.69, 9.17) is 0 Å². The van der Waals surface area contributed by atoms with Gasteiger partial charge in [0.1, 0.15) is 11.5 Å². The lowest BCUT2D eigenvalue weighted by molar-refractivity contribution is 0.416. The number of rotatable bonds is 2. The summed E-state index contributed by atoms with van der Waals surface area (Å²) in [6.07, 6.45) is 3.47. The first-order valence-corrected chi connectivity index (χ1v) is 8.55. The van der Waals surface area contributed by atoms with E-state index in [2.05, 4.69) is 25.5 Å². The minimum atomic E-state index is -0.337. The van der Waals surface area contributed by atoms with Crippen LogP contribution in [0.3, 0.4) is 0 Å². The maximum absolute atomic E-state index is 14.4. The second kappa shape index (κ2) is 3.80. The van der Waals surface area contributed by atoms with E-state index in [1.165, 1.54) is 24.6 Å². The van der Waals surface area contributed by atoms with Crippen molar-refractivity contribution in [3.8, 4) is 5.69 Å². The average Bonchev–Trinajstić information content (AvgIpc) is 2.75. The van der Waals surface area contributed by atoms with Crippen molar-refractivity contribution in [1.82, 2.24) is 9.36 Å². The van der Waals surface area contributed by atoms with Crippen LogP contribution in [0, 0.1) is 11.2 Å². The van der Waals surface area contributed by atoms with Gasteiger partial charge in [-0.1, -0.05) is 19.1 Å². The van der Waals surface area contributed by atoms with Crippen LogP contribution in [0.4, 0.5) is 4.39 Å². The third-order valence-electron chi connectivity index (χ3n) is 6.76. The van der Waals surface area contributed by atoms with Gasteiger partial charge in [0.25, 0.3) is 5.56 Å². The summed E-state index contributed by atoms with van der Waals surface area (Å²) in [5.74, 6) is 0.0269. The fourth-order valence-corrected chi connectivity index (χ4v) is 5.72. The predicted molar refractivity (Wildman–Crippen MR) is 86.7 cm³/mol. The molecule has 0 aliphatic heterocycles. The summed E-state index contributed by atoms with van der Waals surface area (Å²) in [6.45, 7) is 6.50. The van der Waals surface area contributed by atoms with Crippen LogP contribution in [-0.4, -0.2) is 9.36 Å². The average molecular weight is 312 g/mol. The summed E-state index contributed by atoms with van der Waals surface area (Å²) in [4.78, 5) is 13.2. The number of halogens is 1. The number of hydrogen-bond acceptors (Lipinski definition) is 1. The Morgan fingerprint density at radius 2 is 2.04 bits per heavy atom. The van der Waals surface area contributed by atoms with Crippen molar-refractivity contribution < 1.29 is 4.39 Å². The van der Waals surface area contributed by atoms with Crippen LogP contribution in [0.2, 0.25) is 0 Å². The van der Waals surface area contributed by atoms with Gasteiger partial charge in [0.2, 0.25) is 0 Å². The van der Waals surface area contributed by atoms with Crippen molar-refractivity contribution in [2.45, 2.75) is 57.4 Å². The molecule has 0 N–H and O–H groups in total. The molecule has 1 unspecified atom stereocenters. The van der Waals surface area contributed by atoms with Crippen LogP contribution in [0.1, 0.15) is 63.3 Å². The lowest BCUT2D eigenvalue weighted by Crippen LogP contribution is -2.27. The van der Waals surface area contributed by atoms with Gasteiger partial charge < -0.3 is 0 Å². The van der Waals surface area contributed by atoms with Gasteiger partial charge in [-0.25, -0.2) is 9.07 Å². The fraction of sp³-hybridized carbons (Fsp3) is 0.526. The van der Waals surface area contributed by atoms with E-state index in [1.807, 2.05) is 0 Å². The van der Waals surface area contributed by atoms with Gasteiger partial charge in [0.15, 0.2) is 0 Å².